The van der Waals surface area contributed by atoms with Crippen LogP contribution in [0.25, 0.3) is 5.57 Å². The first-order chi connectivity index (χ1) is 18.3. The Kier molecular flexibility index (Phi) is 6.76. The van der Waals surface area contributed by atoms with E-state index in [-0.39, 0.29) is 35.4 Å². The lowest BCUT2D eigenvalue weighted by atomic mass is 9.85. The van der Waals surface area contributed by atoms with Gasteiger partial charge >= 0.3 is 0 Å². The Bertz CT molecular complexity index is 1490. The molecule has 0 bridgehead atoms. The second kappa shape index (κ2) is 9.68. The van der Waals surface area contributed by atoms with Crippen molar-refractivity contribution in [2.75, 3.05) is 35.4 Å². The molecule has 1 amide bonds. The van der Waals surface area contributed by atoms with Crippen LogP contribution < -0.4 is 9.21 Å². The molecule has 8 nitrogen and oxygen atoms in total. The fraction of sp³-hybridized carbons (Fsp3) is 0.467. The summed E-state index contributed by atoms with van der Waals surface area (Å²) in [6.07, 6.45) is 2.66. The van der Waals surface area contributed by atoms with Gasteiger partial charge in [-0.2, -0.15) is 5.26 Å². The van der Waals surface area contributed by atoms with Crippen molar-refractivity contribution in [2.45, 2.75) is 69.6 Å². The summed E-state index contributed by atoms with van der Waals surface area (Å²) in [7, 11) is -3.88. The van der Waals surface area contributed by atoms with Crippen LogP contribution in [0.15, 0.2) is 53.4 Å². The SMILES string of the molecule is Cc1cccc(S(=O)(=O)N2C[C@@H]3CN(C(=O)CC#N)CCN3c3ccc(C4=CC(C)(C)OC(C)(C)C4)cc32)c1. The predicted molar refractivity (Wildman–Crippen MR) is 152 cm³/mol. The van der Waals surface area contributed by atoms with Gasteiger partial charge in [-0.15, -0.1) is 0 Å². The number of anilines is 2. The molecule has 3 aliphatic heterocycles. The van der Waals surface area contributed by atoms with Crippen LogP contribution >= 0.6 is 0 Å². The van der Waals surface area contributed by atoms with Gasteiger partial charge in [0, 0.05) is 26.1 Å². The number of fused-ring (bicyclic) bond motifs is 3. The van der Waals surface area contributed by atoms with Gasteiger partial charge in [0.15, 0.2) is 0 Å². The van der Waals surface area contributed by atoms with E-state index in [2.05, 4.69) is 30.9 Å². The van der Waals surface area contributed by atoms with Gasteiger partial charge in [-0.05, 0) is 81.7 Å². The number of hydrogen-bond donors (Lipinski definition) is 0. The third-order valence-corrected chi connectivity index (χ3v) is 9.40. The van der Waals surface area contributed by atoms with Crippen LogP contribution in [0.4, 0.5) is 11.4 Å². The van der Waals surface area contributed by atoms with Gasteiger partial charge < -0.3 is 14.5 Å². The standard InChI is InChI=1S/C30H36N4O4S/c1-21-7-6-8-25(15-21)39(36,37)34-20-24-19-32(28(35)11-12-31)13-14-33(24)26-10-9-22(16-27(26)34)23-17-29(2,3)38-30(4,5)18-23/h6-10,15-17,24H,11,13-14,18-20H2,1-5H3/t24-/m0/s1. The van der Waals surface area contributed by atoms with Crippen LogP contribution in [0, 0.1) is 18.3 Å². The minimum Gasteiger partial charge on any atom is -0.365 e. The maximum atomic E-state index is 14.1. The zero-order valence-corrected chi connectivity index (χ0v) is 24.1. The van der Waals surface area contributed by atoms with Crippen LogP contribution in [-0.2, 0) is 19.6 Å². The van der Waals surface area contributed by atoms with Gasteiger partial charge in [-0.3, -0.25) is 9.10 Å². The maximum absolute atomic E-state index is 14.1. The molecule has 9 heteroatoms. The fourth-order valence-electron chi connectivity index (χ4n) is 6.21. The van der Waals surface area contributed by atoms with E-state index < -0.39 is 15.6 Å². The molecule has 0 aromatic heterocycles. The van der Waals surface area contributed by atoms with Gasteiger partial charge in [0.05, 0.1) is 46.1 Å². The summed E-state index contributed by atoms with van der Waals surface area (Å²) in [5.41, 5.74) is 3.65. The molecule has 2 aromatic carbocycles. The summed E-state index contributed by atoms with van der Waals surface area (Å²) in [5.74, 6) is -0.219. The Morgan fingerprint density at radius 3 is 2.54 bits per heavy atom. The summed E-state index contributed by atoms with van der Waals surface area (Å²) in [6.45, 7) is 11.8. The summed E-state index contributed by atoms with van der Waals surface area (Å²) < 4.78 is 36.0. The molecule has 0 radical (unpaired) electrons. The normalized spacial score (nSPS) is 21.9. The Morgan fingerprint density at radius 1 is 1.08 bits per heavy atom. The Hall–Kier alpha value is -3.35. The highest BCUT2D eigenvalue weighted by molar-refractivity contribution is 7.92. The third kappa shape index (κ3) is 5.28. The topological polar surface area (TPSA) is 94.0 Å². The lowest BCUT2D eigenvalue weighted by Gasteiger charge is -2.49. The fourth-order valence-corrected chi connectivity index (χ4v) is 7.83. The van der Waals surface area contributed by atoms with Crippen molar-refractivity contribution in [3.8, 4) is 6.07 Å². The zero-order chi connectivity index (χ0) is 28.2. The van der Waals surface area contributed by atoms with Crippen molar-refractivity contribution < 1.29 is 17.9 Å². The van der Waals surface area contributed by atoms with Crippen molar-refractivity contribution >= 4 is 32.9 Å². The van der Waals surface area contributed by atoms with E-state index in [4.69, 9.17) is 10.00 Å². The maximum Gasteiger partial charge on any atom is 0.264 e. The van der Waals surface area contributed by atoms with Crippen LogP contribution in [0.2, 0.25) is 0 Å². The largest absolute Gasteiger partial charge is 0.365 e. The summed E-state index contributed by atoms with van der Waals surface area (Å²) in [5, 5.41) is 9.02. The zero-order valence-electron chi connectivity index (χ0n) is 23.3. The van der Waals surface area contributed by atoms with Gasteiger partial charge in [0.25, 0.3) is 10.0 Å². The number of aryl methyl sites for hydroxylation is 1. The minimum atomic E-state index is -3.88. The average molecular weight is 549 g/mol. The van der Waals surface area contributed by atoms with E-state index in [1.54, 1.807) is 23.1 Å². The number of rotatable bonds is 4. The number of nitriles is 1. The highest BCUT2D eigenvalue weighted by atomic mass is 32.2. The first kappa shape index (κ1) is 27.2. The molecule has 1 atom stereocenters. The smallest absolute Gasteiger partial charge is 0.264 e. The van der Waals surface area contributed by atoms with E-state index in [1.807, 2.05) is 45.0 Å². The lowest BCUT2D eigenvalue weighted by Crippen LogP contribution is -2.61. The highest BCUT2D eigenvalue weighted by Gasteiger charge is 2.41. The number of ether oxygens (including phenoxy) is 1. The van der Waals surface area contributed by atoms with Gasteiger partial charge in [0.1, 0.15) is 6.42 Å². The van der Waals surface area contributed by atoms with Crippen LogP contribution in [0.5, 0.6) is 0 Å². The molecule has 3 heterocycles. The molecule has 0 unspecified atom stereocenters. The number of sulfonamides is 1. The number of piperazine rings is 1. The van der Waals surface area contributed by atoms with Gasteiger partial charge in [-0.25, -0.2) is 8.42 Å². The Balaban J connectivity index is 1.61. The van der Waals surface area contributed by atoms with Crippen LogP contribution in [0.3, 0.4) is 0 Å². The molecule has 5 rings (SSSR count). The summed E-state index contributed by atoms with van der Waals surface area (Å²) in [4.78, 5) is 16.7. The van der Waals surface area contributed by atoms with Crippen molar-refractivity contribution in [3.63, 3.8) is 0 Å². The molecule has 1 saturated heterocycles. The van der Waals surface area contributed by atoms with E-state index in [1.165, 1.54) is 4.31 Å². The molecule has 206 valence electrons. The Labute approximate surface area is 231 Å². The average Bonchev–Trinajstić information content (AvgIpc) is 2.85. The highest BCUT2D eigenvalue weighted by Crippen LogP contribution is 2.44. The van der Waals surface area contributed by atoms with E-state index in [0.717, 1.165) is 22.4 Å². The van der Waals surface area contributed by atoms with E-state index in [0.29, 0.717) is 31.7 Å². The first-order valence-electron chi connectivity index (χ1n) is 13.4. The first-order valence-corrected chi connectivity index (χ1v) is 14.8. The molecule has 0 saturated carbocycles. The lowest BCUT2D eigenvalue weighted by molar-refractivity contribution is -0.130. The number of nitrogens with zero attached hydrogens (tertiary/aromatic N) is 4. The quantitative estimate of drug-likeness (QED) is 0.559. The number of carbonyl (C=O) groups is 1. The number of hydrogen-bond acceptors (Lipinski definition) is 6. The molecule has 39 heavy (non-hydrogen) atoms. The third-order valence-electron chi connectivity index (χ3n) is 7.62. The minimum absolute atomic E-state index is 0.177. The summed E-state index contributed by atoms with van der Waals surface area (Å²) >= 11 is 0. The molecule has 0 aliphatic carbocycles. The van der Waals surface area contributed by atoms with Crippen molar-refractivity contribution in [2.24, 2.45) is 0 Å². The number of carbonyl (C=O) groups excluding carboxylic acids is 1. The number of amides is 1. The van der Waals surface area contributed by atoms with Crippen molar-refractivity contribution in [1.29, 1.82) is 5.26 Å². The van der Waals surface area contributed by atoms with Crippen LogP contribution in [0.1, 0.15) is 51.7 Å². The van der Waals surface area contributed by atoms with Crippen molar-refractivity contribution in [3.05, 3.63) is 59.7 Å². The second-order valence-corrected chi connectivity index (χ2v) is 13.8. The van der Waals surface area contributed by atoms with Gasteiger partial charge in [-0.1, -0.05) is 18.2 Å². The van der Waals surface area contributed by atoms with Crippen LogP contribution in [-0.4, -0.2) is 62.6 Å². The molecule has 3 aliphatic rings. The monoisotopic (exact) mass is 548 g/mol. The van der Waals surface area contributed by atoms with Gasteiger partial charge in [0.2, 0.25) is 5.91 Å². The molecule has 0 N–H and O–H groups in total. The molecule has 0 spiro atoms. The summed E-state index contributed by atoms with van der Waals surface area (Å²) in [6, 6.07) is 14.8. The molecular weight excluding hydrogens is 512 g/mol. The second-order valence-electron chi connectivity index (χ2n) is 11.9. The predicted octanol–water partition coefficient (Wildman–Crippen LogP) is 4.50. The molecule has 1 fully saturated rings. The van der Waals surface area contributed by atoms with E-state index >= 15 is 0 Å². The Morgan fingerprint density at radius 2 is 1.85 bits per heavy atom. The van der Waals surface area contributed by atoms with E-state index in [9.17, 15) is 13.2 Å². The molecular formula is C30H36N4O4S. The molecule has 2 aromatic rings. The number of benzene rings is 2. The van der Waals surface area contributed by atoms with Crippen molar-refractivity contribution in [1.82, 2.24) is 4.90 Å².